The monoisotopic (exact) mass is 432 g/mol. The third-order valence-corrected chi connectivity index (χ3v) is 6.67. The topological polar surface area (TPSA) is 42.0 Å². The van der Waals surface area contributed by atoms with Gasteiger partial charge in [0.25, 0.3) is 0 Å². The number of benzene rings is 2. The molecule has 8 heteroatoms. The van der Waals surface area contributed by atoms with Gasteiger partial charge < -0.3 is 19.3 Å². The third kappa shape index (κ3) is 3.33. The number of carbonyl (C=O) groups excluding carboxylic acids is 1. The van der Waals surface area contributed by atoms with Crippen molar-refractivity contribution >= 4 is 23.0 Å². The molecule has 0 amide bonds. The first-order chi connectivity index (χ1) is 14.8. The summed E-state index contributed by atoms with van der Waals surface area (Å²) >= 11 is 0. The Morgan fingerprint density at radius 1 is 1.16 bits per heavy atom. The van der Waals surface area contributed by atoms with Gasteiger partial charge in [0.05, 0.1) is 25.2 Å². The van der Waals surface area contributed by atoms with Crippen LogP contribution in [0.2, 0.25) is 0 Å². The average molecular weight is 432 g/mol. The van der Waals surface area contributed by atoms with E-state index in [4.69, 9.17) is 9.47 Å². The second-order valence-corrected chi connectivity index (χ2v) is 8.54. The van der Waals surface area contributed by atoms with Gasteiger partial charge in [0.1, 0.15) is 0 Å². The predicted molar refractivity (Wildman–Crippen MR) is 110 cm³/mol. The van der Waals surface area contributed by atoms with E-state index in [1.807, 2.05) is 24.3 Å². The Balaban J connectivity index is 1.47. The number of methoxy groups -OCH3 is 1. The lowest BCUT2D eigenvalue weighted by molar-refractivity contribution is -0.146. The summed E-state index contributed by atoms with van der Waals surface area (Å²) in [4.78, 5) is 15.9. The first kappa shape index (κ1) is 20.2. The van der Waals surface area contributed by atoms with E-state index < -0.39 is 17.2 Å². The molecule has 3 aliphatic heterocycles. The van der Waals surface area contributed by atoms with Crippen LogP contribution in [-0.2, 0) is 25.9 Å². The number of esters is 1. The zero-order valence-corrected chi connectivity index (χ0v) is 17.1. The van der Waals surface area contributed by atoms with Gasteiger partial charge in [-0.2, -0.15) is 13.2 Å². The van der Waals surface area contributed by atoms with Crippen molar-refractivity contribution in [3.63, 3.8) is 0 Å². The number of hydrogen-bond donors (Lipinski definition) is 0. The molecule has 0 saturated carbocycles. The maximum Gasteiger partial charge on any atom is 0.416 e. The summed E-state index contributed by atoms with van der Waals surface area (Å²) in [5, 5.41) is 0. The fourth-order valence-corrected chi connectivity index (χ4v) is 4.88. The molecule has 5 rings (SSSR count). The Hall–Kier alpha value is -2.74. The van der Waals surface area contributed by atoms with E-state index in [1.54, 1.807) is 6.07 Å². The summed E-state index contributed by atoms with van der Waals surface area (Å²) in [6.07, 6.45) is -3.68. The quantitative estimate of drug-likeness (QED) is 0.683. The van der Waals surface area contributed by atoms with Crippen molar-refractivity contribution in [2.75, 3.05) is 49.8 Å². The summed E-state index contributed by atoms with van der Waals surface area (Å²) in [5.74, 6) is -0.328. The number of nitrogens with zero attached hydrogens (tertiary/aromatic N) is 2. The average Bonchev–Trinajstić information content (AvgIpc) is 3.32. The molecular weight excluding hydrogens is 409 g/mol. The van der Waals surface area contributed by atoms with Crippen LogP contribution in [0.15, 0.2) is 42.5 Å². The molecule has 0 aliphatic carbocycles. The van der Waals surface area contributed by atoms with Crippen molar-refractivity contribution in [1.82, 2.24) is 0 Å². The standard InChI is InChI=1S/C23H23F3N2O3/c1-30-21(29)15-11-27(12-15)17-3-2-4-18(10-17)28-13-22(7-8-31-14-22)19-9-16(23(24,25)26)5-6-20(19)28/h2-6,9-10,15H,7-8,11-14H2,1H3. The summed E-state index contributed by atoms with van der Waals surface area (Å²) in [7, 11) is 1.39. The Bertz CT molecular complexity index is 1010. The van der Waals surface area contributed by atoms with Gasteiger partial charge >= 0.3 is 12.1 Å². The highest BCUT2D eigenvalue weighted by Crippen LogP contribution is 2.50. The Kier molecular flexibility index (Phi) is 4.66. The Morgan fingerprint density at radius 3 is 2.61 bits per heavy atom. The molecule has 0 radical (unpaired) electrons. The van der Waals surface area contributed by atoms with Crippen molar-refractivity contribution < 1.29 is 27.4 Å². The fraction of sp³-hybridized carbons (Fsp3) is 0.435. The van der Waals surface area contributed by atoms with Crippen LogP contribution in [-0.4, -0.2) is 45.9 Å². The van der Waals surface area contributed by atoms with E-state index >= 15 is 0 Å². The van der Waals surface area contributed by atoms with Gasteiger partial charge in [-0.1, -0.05) is 6.07 Å². The van der Waals surface area contributed by atoms with Crippen molar-refractivity contribution in [3.05, 3.63) is 53.6 Å². The second kappa shape index (κ2) is 7.15. The minimum absolute atomic E-state index is 0.124. The van der Waals surface area contributed by atoms with E-state index in [9.17, 15) is 18.0 Å². The summed E-state index contributed by atoms with van der Waals surface area (Å²) in [5.41, 5.74) is 2.35. The number of anilines is 3. The molecule has 1 spiro atoms. The largest absolute Gasteiger partial charge is 0.469 e. The van der Waals surface area contributed by atoms with Crippen molar-refractivity contribution in [2.45, 2.75) is 18.0 Å². The second-order valence-electron chi connectivity index (χ2n) is 8.54. The molecule has 2 aromatic carbocycles. The van der Waals surface area contributed by atoms with Gasteiger partial charge in [0.2, 0.25) is 0 Å². The highest BCUT2D eigenvalue weighted by molar-refractivity contribution is 5.78. The van der Waals surface area contributed by atoms with Crippen molar-refractivity contribution in [3.8, 4) is 0 Å². The number of rotatable bonds is 3. The molecule has 0 aromatic heterocycles. The van der Waals surface area contributed by atoms with Crippen LogP contribution < -0.4 is 9.80 Å². The van der Waals surface area contributed by atoms with Crippen LogP contribution >= 0.6 is 0 Å². The molecule has 1 atom stereocenters. The molecule has 2 saturated heterocycles. The number of hydrogen-bond acceptors (Lipinski definition) is 5. The molecule has 0 N–H and O–H groups in total. The minimum Gasteiger partial charge on any atom is -0.469 e. The van der Waals surface area contributed by atoms with Crippen LogP contribution in [0.5, 0.6) is 0 Å². The molecule has 3 heterocycles. The van der Waals surface area contributed by atoms with E-state index in [2.05, 4.69) is 9.80 Å². The van der Waals surface area contributed by atoms with E-state index in [0.717, 1.165) is 23.1 Å². The zero-order chi connectivity index (χ0) is 21.8. The van der Waals surface area contributed by atoms with Gasteiger partial charge in [0.15, 0.2) is 0 Å². The third-order valence-electron chi connectivity index (χ3n) is 6.67. The lowest BCUT2D eigenvalue weighted by Crippen LogP contribution is -2.50. The highest BCUT2D eigenvalue weighted by atomic mass is 19.4. The van der Waals surface area contributed by atoms with Gasteiger partial charge in [-0.25, -0.2) is 0 Å². The first-order valence-corrected chi connectivity index (χ1v) is 10.3. The minimum atomic E-state index is -4.38. The van der Waals surface area contributed by atoms with Gasteiger partial charge in [-0.3, -0.25) is 4.79 Å². The lowest BCUT2D eigenvalue weighted by Gasteiger charge is -2.39. The summed E-state index contributed by atoms with van der Waals surface area (Å²) in [6, 6.07) is 12.0. The maximum absolute atomic E-state index is 13.4. The summed E-state index contributed by atoms with van der Waals surface area (Å²) in [6.45, 7) is 2.74. The zero-order valence-electron chi connectivity index (χ0n) is 17.1. The first-order valence-electron chi connectivity index (χ1n) is 10.3. The normalized spacial score (nSPS) is 23.2. The van der Waals surface area contributed by atoms with Crippen molar-refractivity contribution in [2.24, 2.45) is 5.92 Å². The summed E-state index contributed by atoms with van der Waals surface area (Å²) < 4.78 is 50.5. The number of carbonyl (C=O) groups is 1. The number of fused-ring (bicyclic) bond motifs is 2. The van der Waals surface area contributed by atoms with Crippen LogP contribution in [0.25, 0.3) is 0 Å². The van der Waals surface area contributed by atoms with Crippen LogP contribution in [0, 0.1) is 5.92 Å². The molecule has 2 aromatic rings. The predicted octanol–water partition coefficient (Wildman–Crippen LogP) is 4.12. The molecule has 0 bridgehead atoms. The van der Waals surface area contributed by atoms with E-state index in [1.165, 1.54) is 13.2 Å². The molecule has 5 nitrogen and oxygen atoms in total. The van der Waals surface area contributed by atoms with Crippen molar-refractivity contribution in [1.29, 1.82) is 0 Å². The number of alkyl halides is 3. The highest BCUT2D eigenvalue weighted by Gasteiger charge is 2.47. The SMILES string of the molecule is COC(=O)C1CN(c2cccc(N3CC4(CCOC4)c4cc(C(F)(F)F)ccc43)c2)C1. The fourth-order valence-electron chi connectivity index (χ4n) is 4.88. The van der Waals surface area contributed by atoms with Crippen LogP contribution in [0.3, 0.4) is 0 Å². The van der Waals surface area contributed by atoms with Crippen LogP contribution in [0.1, 0.15) is 17.5 Å². The van der Waals surface area contributed by atoms with Gasteiger partial charge in [-0.05, 0) is 48.4 Å². The molecule has 31 heavy (non-hydrogen) atoms. The van der Waals surface area contributed by atoms with E-state index in [-0.39, 0.29) is 11.9 Å². The van der Waals surface area contributed by atoms with E-state index in [0.29, 0.717) is 44.8 Å². The molecule has 1 unspecified atom stereocenters. The van der Waals surface area contributed by atoms with Crippen LogP contribution in [0.4, 0.5) is 30.2 Å². The van der Waals surface area contributed by atoms with Gasteiger partial charge in [0, 0.05) is 48.7 Å². The Morgan fingerprint density at radius 2 is 1.94 bits per heavy atom. The maximum atomic E-state index is 13.4. The molecule has 3 aliphatic rings. The molecular formula is C23H23F3N2O3. The molecule has 2 fully saturated rings. The number of halogens is 3. The van der Waals surface area contributed by atoms with Gasteiger partial charge in [-0.15, -0.1) is 0 Å². The Labute approximate surface area is 178 Å². The molecule has 164 valence electrons. The smallest absolute Gasteiger partial charge is 0.416 e. The lowest BCUT2D eigenvalue weighted by atomic mass is 9.81. The number of ether oxygens (including phenoxy) is 2.